The van der Waals surface area contributed by atoms with Gasteiger partial charge in [0.25, 0.3) is 5.91 Å². The van der Waals surface area contributed by atoms with Crippen LogP contribution in [0, 0.1) is 11.6 Å². The smallest absolute Gasteiger partial charge is 0.406 e. The predicted molar refractivity (Wildman–Crippen MR) is 127 cm³/mol. The number of fused-ring (bicyclic) bond motifs is 1. The van der Waals surface area contributed by atoms with Crippen LogP contribution in [0.5, 0.6) is 5.75 Å². The number of imidazole rings is 1. The Hall–Kier alpha value is -4.26. The average Bonchev–Trinajstić information content (AvgIpc) is 3.20. The summed E-state index contributed by atoms with van der Waals surface area (Å²) in [5.41, 5.74) is -0.109. The number of benzene rings is 2. The first-order valence-electron chi connectivity index (χ1n) is 10.8. The molecule has 2 amide bonds. The zero-order chi connectivity index (χ0) is 27.8. The molecule has 0 unspecified atom stereocenters. The second-order valence-electron chi connectivity index (χ2n) is 8.07. The van der Waals surface area contributed by atoms with Gasteiger partial charge in [-0.2, -0.15) is 5.10 Å². The summed E-state index contributed by atoms with van der Waals surface area (Å²) >= 11 is 6.09. The molecule has 0 radical (unpaired) electrons. The molecule has 0 fully saturated rings. The zero-order valence-electron chi connectivity index (χ0n) is 19.5. The van der Waals surface area contributed by atoms with Gasteiger partial charge in [0.1, 0.15) is 17.4 Å². The molecule has 2 heterocycles. The van der Waals surface area contributed by atoms with Crippen LogP contribution in [0.2, 0.25) is 5.02 Å². The van der Waals surface area contributed by atoms with Crippen molar-refractivity contribution in [3.63, 3.8) is 0 Å². The maximum absolute atomic E-state index is 14.8. The third kappa shape index (κ3) is 5.99. The fraction of sp³-hybridized carbons (Fsp3) is 0.167. The third-order valence-corrected chi connectivity index (χ3v) is 5.53. The van der Waals surface area contributed by atoms with E-state index in [-0.39, 0.29) is 39.1 Å². The van der Waals surface area contributed by atoms with Crippen LogP contribution in [-0.4, -0.2) is 32.8 Å². The van der Waals surface area contributed by atoms with Crippen LogP contribution in [0.15, 0.2) is 48.7 Å². The summed E-state index contributed by atoms with van der Waals surface area (Å²) in [6.07, 6.45) is -3.58. The van der Waals surface area contributed by atoms with E-state index in [1.165, 1.54) is 36.7 Å². The second kappa shape index (κ2) is 10.2. The van der Waals surface area contributed by atoms with Crippen LogP contribution in [0.25, 0.3) is 16.9 Å². The van der Waals surface area contributed by atoms with E-state index in [4.69, 9.17) is 11.6 Å². The monoisotopic (exact) mass is 553 g/mol. The van der Waals surface area contributed by atoms with Gasteiger partial charge in [-0.15, -0.1) is 13.2 Å². The Balaban J connectivity index is 1.62. The lowest BCUT2D eigenvalue weighted by Crippen LogP contribution is -2.28. The Kier molecular flexibility index (Phi) is 7.22. The van der Waals surface area contributed by atoms with Crippen LogP contribution in [0.3, 0.4) is 0 Å². The standard InChI is InChI=1S/C24H17ClF5N5O3/c1-11(14-7-13(3-4-18(14)26)38-24(28,29)30)31-23(37)15-8-16(19(27)9-17(15)25)20-5-6-22-33-21(32-12(2)36)10-35(22)34-20/h3-11H,1-2H3,(H,31,37)(H,32,36)/t11-/m1/s1. The molecule has 0 saturated heterocycles. The predicted octanol–water partition coefficient (Wildman–Crippen LogP) is 5.68. The van der Waals surface area contributed by atoms with Gasteiger partial charge in [-0.05, 0) is 49.4 Å². The van der Waals surface area contributed by atoms with E-state index in [1.54, 1.807) is 0 Å². The molecule has 198 valence electrons. The van der Waals surface area contributed by atoms with Crippen molar-refractivity contribution in [3.05, 3.63) is 76.4 Å². The van der Waals surface area contributed by atoms with E-state index >= 15 is 0 Å². The first kappa shape index (κ1) is 26.8. The molecule has 0 aliphatic rings. The van der Waals surface area contributed by atoms with Crippen molar-refractivity contribution < 1.29 is 36.3 Å². The largest absolute Gasteiger partial charge is 0.573 e. The molecular formula is C24H17ClF5N5O3. The number of carbonyl (C=O) groups is 2. The highest BCUT2D eigenvalue weighted by Crippen LogP contribution is 2.30. The van der Waals surface area contributed by atoms with Crippen LogP contribution < -0.4 is 15.4 Å². The highest BCUT2D eigenvalue weighted by molar-refractivity contribution is 6.34. The number of halogens is 6. The van der Waals surface area contributed by atoms with Crippen LogP contribution in [0.4, 0.5) is 27.8 Å². The minimum Gasteiger partial charge on any atom is -0.406 e. The number of amides is 2. The Bertz CT molecular complexity index is 1560. The molecule has 2 aromatic carbocycles. The van der Waals surface area contributed by atoms with Gasteiger partial charge in [-0.25, -0.2) is 18.3 Å². The van der Waals surface area contributed by atoms with Gasteiger partial charge in [0.05, 0.1) is 28.5 Å². The van der Waals surface area contributed by atoms with Gasteiger partial charge in [0, 0.05) is 18.1 Å². The Morgan fingerprint density at radius 3 is 2.50 bits per heavy atom. The SMILES string of the molecule is CC(=O)Nc1cn2nc(-c3cc(C(=O)N[C@H](C)c4cc(OC(F)(F)F)ccc4F)c(Cl)cc3F)ccc2n1. The van der Waals surface area contributed by atoms with Gasteiger partial charge in [0.15, 0.2) is 11.5 Å². The van der Waals surface area contributed by atoms with E-state index in [0.717, 1.165) is 30.3 Å². The van der Waals surface area contributed by atoms with Crippen molar-refractivity contribution in [1.29, 1.82) is 0 Å². The van der Waals surface area contributed by atoms with Crippen LogP contribution >= 0.6 is 11.6 Å². The number of rotatable bonds is 6. The highest BCUT2D eigenvalue weighted by atomic mass is 35.5. The summed E-state index contributed by atoms with van der Waals surface area (Å²) in [6, 6.07) is 6.27. The first-order valence-corrected chi connectivity index (χ1v) is 11.2. The van der Waals surface area contributed by atoms with Gasteiger partial charge in [-0.3, -0.25) is 9.59 Å². The minimum absolute atomic E-state index is 0.101. The summed E-state index contributed by atoms with van der Waals surface area (Å²) in [5.74, 6) is -3.31. The van der Waals surface area contributed by atoms with E-state index in [1.807, 2.05) is 0 Å². The Labute approximate surface area is 216 Å². The van der Waals surface area contributed by atoms with Crippen molar-refractivity contribution in [2.45, 2.75) is 26.3 Å². The highest BCUT2D eigenvalue weighted by Gasteiger charge is 2.31. The molecular weight excluding hydrogens is 537 g/mol. The van der Waals surface area contributed by atoms with Crippen molar-refractivity contribution in [1.82, 2.24) is 19.9 Å². The van der Waals surface area contributed by atoms with E-state index in [9.17, 15) is 31.5 Å². The van der Waals surface area contributed by atoms with Crippen molar-refractivity contribution >= 4 is 34.9 Å². The fourth-order valence-electron chi connectivity index (χ4n) is 3.59. The Morgan fingerprint density at radius 1 is 1.08 bits per heavy atom. The molecule has 4 rings (SSSR count). The molecule has 0 spiro atoms. The number of aromatic nitrogens is 3. The normalized spacial score (nSPS) is 12.3. The molecule has 14 heteroatoms. The van der Waals surface area contributed by atoms with Gasteiger partial charge < -0.3 is 15.4 Å². The number of anilines is 1. The lowest BCUT2D eigenvalue weighted by atomic mass is 10.0. The molecule has 8 nitrogen and oxygen atoms in total. The molecule has 1 atom stereocenters. The van der Waals surface area contributed by atoms with Gasteiger partial charge >= 0.3 is 6.36 Å². The molecule has 2 aromatic heterocycles. The van der Waals surface area contributed by atoms with Crippen molar-refractivity contribution in [2.24, 2.45) is 0 Å². The van der Waals surface area contributed by atoms with E-state index in [0.29, 0.717) is 5.65 Å². The lowest BCUT2D eigenvalue weighted by Gasteiger charge is -2.18. The minimum atomic E-state index is -4.99. The molecule has 0 saturated carbocycles. The fourth-order valence-corrected chi connectivity index (χ4v) is 3.82. The maximum Gasteiger partial charge on any atom is 0.573 e. The molecule has 4 aromatic rings. The lowest BCUT2D eigenvalue weighted by molar-refractivity contribution is -0.274. The molecule has 0 aliphatic heterocycles. The summed E-state index contributed by atoms with van der Waals surface area (Å²) in [4.78, 5) is 28.4. The van der Waals surface area contributed by atoms with Gasteiger partial charge in [-0.1, -0.05) is 11.6 Å². The van der Waals surface area contributed by atoms with Crippen LogP contribution in [0.1, 0.15) is 35.8 Å². The zero-order valence-corrected chi connectivity index (χ0v) is 20.3. The average molecular weight is 554 g/mol. The molecule has 0 bridgehead atoms. The second-order valence-corrected chi connectivity index (χ2v) is 8.47. The molecule has 0 aliphatic carbocycles. The number of hydrogen-bond acceptors (Lipinski definition) is 5. The number of alkyl halides is 3. The third-order valence-electron chi connectivity index (χ3n) is 5.22. The number of hydrogen-bond donors (Lipinski definition) is 2. The van der Waals surface area contributed by atoms with Crippen LogP contribution in [-0.2, 0) is 4.79 Å². The summed E-state index contributed by atoms with van der Waals surface area (Å²) in [7, 11) is 0. The van der Waals surface area contributed by atoms with Crippen molar-refractivity contribution in [2.75, 3.05) is 5.32 Å². The van der Waals surface area contributed by atoms with Gasteiger partial charge in [0.2, 0.25) is 5.91 Å². The summed E-state index contributed by atoms with van der Waals surface area (Å²) in [6.45, 7) is 2.65. The quantitative estimate of drug-likeness (QED) is 0.300. The number of nitrogens with one attached hydrogen (secondary N) is 2. The molecule has 2 N–H and O–H groups in total. The maximum atomic E-state index is 14.8. The van der Waals surface area contributed by atoms with E-state index < -0.39 is 35.7 Å². The number of nitrogens with zero attached hydrogens (tertiary/aromatic N) is 3. The topological polar surface area (TPSA) is 97.6 Å². The number of carbonyl (C=O) groups excluding carboxylic acids is 2. The Morgan fingerprint density at radius 2 is 1.82 bits per heavy atom. The summed E-state index contributed by atoms with van der Waals surface area (Å²) < 4.78 is 71.9. The molecule has 38 heavy (non-hydrogen) atoms. The van der Waals surface area contributed by atoms with E-state index in [2.05, 4.69) is 25.5 Å². The number of ether oxygens (including phenoxy) is 1. The summed E-state index contributed by atoms with van der Waals surface area (Å²) in [5, 5.41) is 8.93. The first-order chi connectivity index (χ1) is 17.8. The van der Waals surface area contributed by atoms with Crippen molar-refractivity contribution in [3.8, 4) is 17.0 Å².